The summed E-state index contributed by atoms with van der Waals surface area (Å²) in [5.74, 6) is 1.08. The van der Waals surface area contributed by atoms with E-state index in [4.69, 9.17) is 4.52 Å². The van der Waals surface area contributed by atoms with Gasteiger partial charge in [0, 0.05) is 18.5 Å². The van der Waals surface area contributed by atoms with E-state index in [2.05, 4.69) is 14.9 Å². The molecular formula is C14H19N3O3S. The third kappa shape index (κ3) is 4.37. The van der Waals surface area contributed by atoms with Crippen molar-refractivity contribution in [2.75, 3.05) is 12.3 Å². The fraction of sp³-hybridized carbons (Fsp3) is 0.429. The Labute approximate surface area is 124 Å². The Morgan fingerprint density at radius 1 is 1.29 bits per heavy atom. The van der Waals surface area contributed by atoms with Crippen molar-refractivity contribution in [3.8, 4) is 11.4 Å². The molecule has 7 heteroatoms. The van der Waals surface area contributed by atoms with Gasteiger partial charge in [-0.15, -0.1) is 0 Å². The molecule has 6 nitrogen and oxygen atoms in total. The van der Waals surface area contributed by atoms with Gasteiger partial charge in [-0.1, -0.05) is 36.3 Å². The van der Waals surface area contributed by atoms with Crippen molar-refractivity contribution >= 4 is 10.0 Å². The van der Waals surface area contributed by atoms with Crippen LogP contribution in [-0.2, 0) is 16.4 Å². The largest absolute Gasteiger partial charge is 0.339 e. The summed E-state index contributed by atoms with van der Waals surface area (Å²) in [6.07, 6.45) is 0.967. The average Bonchev–Trinajstić information content (AvgIpc) is 2.87. The minimum atomic E-state index is -3.19. The lowest BCUT2D eigenvalue weighted by Crippen LogP contribution is -2.28. The van der Waals surface area contributed by atoms with Crippen molar-refractivity contribution in [2.24, 2.45) is 0 Å². The lowest BCUT2D eigenvalue weighted by atomic mass is 10.1. The molecule has 1 aromatic heterocycles. The van der Waals surface area contributed by atoms with Gasteiger partial charge in [-0.3, -0.25) is 0 Å². The molecule has 0 amide bonds. The Morgan fingerprint density at radius 2 is 2.05 bits per heavy atom. The van der Waals surface area contributed by atoms with Gasteiger partial charge in [0.15, 0.2) is 0 Å². The quantitative estimate of drug-likeness (QED) is 0.844. The molecule has 0 aliphatic carbocycles. The van der Waals surface area contributed by atoms with Crippen LogP contribution in [0.4, 0.5) is 0 Å². The molecule has 0 aliphatic heterocycles. The average molecular weight is 309 g/mol. The fourth-order valence-electron chi connectivity index (χ4n) is 1.94. The molecule has 0 atom stereocenters. The van der Waals surface area contributed by atoms with Gasteiger partial charge in [0.25, 0.3) is 0 Å². The summed E-state index contributed by atoms with van der Waals surface area (Å²) in [6, 6.07) is 7.76. The first-order chi connectivity index (χ1) is 10.0. The zero-order chi connectivity index (χ0) is 15.3. The predicted molar refractivity (Wildman–Crippen MR) is 80.3 cm³/mol. The maximum absolute atomic E-state index is 11.5. The molecule has 114 valence electrons. The second-order valence-electron chi connectivity index (χ2n) is 4.79. The van der Waals surface area contributed by atoms with E-state index >= 15 is 0 Å². The number of benzene rings is 1. The van der Waals surface area contributed by atoms with Crippen LogP contribution in [0.3, 0.4) is 0 Å². The number of nitrogens with zero attached hydrogens (tertiary/aromatic N) is 2. The summed E-state index contributed by atoms with van der Waals surface area (Å²) in [4.78, 5) is 4.29. The lowest BCUT2D eigenvalue weighted by molar-refractivity contribution is 0.379. The molecule has 2 rings (SSSR count). The van der Waals surface area contributed by atoms with Crippen LogP contribution in [0.1, 0.15) is 24.8 Å². The SMILES string of the molecule is CCCS(=O)(=O)NCCc1nc(-c2ccccc2C)no1. The number of sulfonamides is 1. The van der Waals surface area contributed by atoms with Crippen molar-refractivity contribution in [1.82, 2.24) is 14.9 Å². The van der Waals surface area contributed by atoms with Crippen LogP contribution in [0.5, 0.6) is 0 Å². The molecule has 0 spiro atoms. The molecule has 0 unspecified atom stereocenters. The first-order valence-corrected chi connectivity index (χ1v) is 8.53. The van der Waals surface area contributed by atoms with Crippen molar-refractivity contribution in [1.29, 1.82) is 0 Å². The molecule has 0 saturated carbocycles. The summed E-state index contributed by atoms with van der Waals surface area (Å²) < 4.78 is 30.7. The normalized spacial score (nSPS) is 11.7. The third-order valence-corrected chi connectivity index (χ3v) is 4.58. The summed E-state index contributed by atoms with van der Waals surface area (Å²) in [5, 5.41) is 3.94. The molecule has 1 aromatic carbocycles. The fourth-order valence-corrected chi connectivity index (χ4v) is 3.04. The monoisotopic (exact) mass is 309 g/mol. The molecule has 0 radical (unpaired) electrons. The Bertz CT molecular complexity index is 695. The van der Waals surface area contributed by atoms with E-state index in [1.165, 1.54) is 0 Å². The number of hydrogen-bond acceptors (Lipinski definition) is 5. The molecule has 1 N–H and O–H groups in total. The van der Waals surface area contributed by atoms with Gasteiger partial charge >= 0.3 is 0 Å². The lowest BCUT2D eigenvalue weighted by Gasteiger charge is -2.02. The Kier molecular flexibility index (Phi) is 5.08. The van der Waals surface area contributed by atoms with Gasteiger partial charge in [-0.25, -0.2) is 13.1 Å². The number of nitrogens with one attached hydrogen (secondary N) is 1. The van der Waals surface area contributed by atoms with Crippen LogP contribution in [-0.4, -0.2) is 30.9 Å². The molecule has 0 fully saturated rings. The van der Waals surface area contributed by atoms with Gasteiger partial charge in [0.1, 0.15) is 0 Å². The van der Waals surface area contributed by atoms with E-state index in [9.17, 15) is 8.42 Å². The topological polar surface area (TPSA) is 85.1 Å². The molecule has 0 bridgehead atoms. The maximum Gasteiger partial charge on any atom is 0.228 e. The van der Waals surface area contributed by atoms with E-state index in [-0.39, 0.29) is 12.3 Å². The van der Waals surface area contributed by atoms with E-state index in [1.54, 1.807) is 0 Å². The number of aryl methyl sites for hydroxylation is 1. The zero-order valence-corrected chi connectivity index (χ0v) is 13.0. The molecule has 0 aliphatic rings. The van der Waals surface area contributed by atoms with Crippen molar-refractivity contribution in [3.63, 3.8) is 0 Å². The van der Waals surface area contributed by atoms with E-state index in [0.717, 1.165) is 11.1 Å². The molecule has 0 saturated heterocycles. The number of aromatic nitrogens is 2. The van der Waals surface area contributed by atoms with Crippen LogP contribution >= 0.6 is 0 Å². The second kappa shape index (κ2) is 6.82. The van der Waals surface area contributed by atoms with Crippen LogP contribution in [0, 0.1) is 6.92 Å². The smallest absolute Gasteiger partial charge is 0.228 e. The summed E-state index contributed by atoms with van der Waals surface area (Å²) in [7, 11) is -3.19. The highest BCUT2D eigenvalue weighted by atomic mass is 32.2. The summed E-state index contributed by atoms with van der Waals surface area (Å²) in [6.45, 7) is 4.06. The molecule has 21 heavy (non-hydrogen) atoms. The predicted octanol–water partition coefficient (Wildman–Crippen LogP) is 1.92. The maximum atomic E-state index is 11.5. The Hall–Kier alpha value is -1.73. The van der Waals surface area contributed by atoms with Crippen LogP contribution in [0.2, 0.25) is 0 Å². The third-order valence-electron chi connectivity index (χ3n) is 2.99. The van der Waals surface area contributed by atoms with Gasteiger partial charge in [0.2, 0.25) is 21.7 Å². The van der Waals surface area contributed by atoms with E-state index in [1.807, 2.05) is 38.1 Å². The summed E-state index contributed by atoms with van der Waals surface area (Å²) in [5.41, 5.74) is 1.98. The zero-order valence-electron chi connectivity index (χ0n) is 12.2. The molecule has 2 aromatic rings. The highest BCUT2D eigenvalue weighted by Crippen LogP contribution is 2.19. The highest BCUT2D eigenvalue weighted by molar-refractivity contribution is 7.89. The van der Waals surface area contributed by atoms with Gasteiger partial charge in [0.05, 0.1) is 5.75 Å². The van der Waals surface area contributed by atoms with Crippen molar-refractivity contribution in [2.45, 2.75) is 26.7 Å². The molecular weight excluding hydrogens is 290 g/mol. The molecule has 1 heterocycles. The van der Waals surface area contributed by atoms with Gasteiger partial charge in [-0.2, -0.15) is 4.98 Å². The Balaban J connectivity index is 1.97. The van der Waals surface area contributed by atoms with Crippen LogP contribution < -0.4 is 4.72 Å². The first kappa shape index (κ1) is 15.7. The number of rotatable bonds is 7. The van der Waals surface area contributed by atoms with E-state index in [0.29, 0.717) is 24.6 Å². The van der Waals surface area contributed by atoms with Gasteiger partial charge < -0.3 is 4.52 Å². The van der Waals surface area contributed by atoms with Crippen LogP contribution in [0.15, 0.2) is 28.8 Å². The standard InChI is InChI=1S/C14H19N3O3S/c1-3-10-21(18,19)15-9-8-13-16-14(17-20-13)12-7-5-4-6-11(12)2/h4-7,15H,3,8-10H2,1-2H3. The van der Waals surface area contributed by atoms with E-state index < -0.39 is 10.0 Å². The first-order valence-electron chi connectivity index (χ1n) is 6.88. The minimum absolute atomic E-state index is 0.130. The second-order valence-corrected chi connectivity index (χ2v) is 6.72. The minimum Gasteiger partial charge on any atom is -0.339 e. The Morgan fingerprint density at radius 3 is 2.76 bits per heavy atom. The van der Waals surface area contributed by atoms with Crippen molar-refractivity contribution in [3.05, 3.63) is 35.7 Å². The van der Waals surface area contributed by atoms with Gasteiger partial charge in [-0.05, 0) is 18.9 Å². The highest BCUT2D eigenvalue weighted by Gasteiger charge is 2.12. The summed E-state index contributed by atoms with van der Waals surface area (Å²) >= 11 is 0. The van der Waals surface area contributed by atoms with Crippen LogP contribution in [0.25, 0.3) is 11.4 Å². The van der Waals surface area contributed by atoms with Crippen molar-refractivity contribution < 1.29 is 12.9 Å². The number of hydrogen-bond donors (Lipinski definition) is 1.